The first kappa shape index (κ1) is 17.9. The number of fused-ring (bicyclic) bond motifs is 3. The van der Waals surface area contributed by atoms with Gasteiger partial charge in [-0.15, -0.1) is 4.68 Å². The molecule has 2 aromatic carbocycles. The molecule has 0 aliphatic carbocycles. The molecule has 4 rings (SSSR count). The molecule has 8 nitrogen and oxygen atoms in total. The number of halogens is 1. The van der Waals surface area contributed by atoms with Crippen LogP contribution in [0.1, 0.15) is 5.56 Å². The van der Waals surface area contributed by atoms with Crippen molar-refractivity contribution in [1.82, 2.24) is 14.6 Å². The fraction of sp³-hybridized carbons (Fsp3) is 0.105. The molecule has 2 N–H and O–H groups in total. The standard InChI is InChI=1S/C19H15ClN4O4/c1-27-12-4-6-15(28-2)10(7-12)9-21-24-18(25)17-16(23-19(24)26)13-8-11(20)3-5-14(13)22-17/h3-9,22H,1-2H3,(H,23,26)/b21-9-. The van der Waals surface area contributed by atoms with Crippen LogP contribution < -0.4 is 20.7 Å². The molecule has 0 fully saturated rings. The van der Waals surface area contributed by atoms with Crippen molar-refractivity contribution in [3.05, 3.63) is 67.8 Å². The van der Waals surface area contributed by atoms with Crippen LogP contribution in [0.15, 0.2) is 51.1 Å². The third-order valence-corrected chi connectivity index (χ3v) is 4.58. The van der Waals surface area contributed by atoms with E-state index in [2.05, 4.69) is 15.1 Å². The Morgan fingerprint density at radius 1 is 1.04 bits per heavy atom. The van der Waals surface area contributed by atoms with Gasteiger partial charge >= 0.3 is 11.2 Å². The zero-order valence-electron chi connectivity index (χ0n) is 14.9. The first-order chi connectivity index (χ1) is 13.5. The first-order valence-corrected chi connectivity index (χ1v) is 8.62. The van der Waals surface area contributed by atoms with E-state index < -0.39 is 11.2 Å². The summed E-state index contributed by atoms with van der Waals surface area (Å²) < 4.78 is 11.2. The minimum atomic E-state index is -0.670. The largest absolute Gasteiger partial charge is 0.497 e. The zero-order valence-corrected chi connectivity index (χ0v) is 15.7. The minimum absolute atomic E-state index is 0.228. The van der Waals surface area contributed by atoms with Gasteiger partial charge in [-0.3, -0.25) is 4.79 Å². The van der Waals surface area contributed by atoms with E-state index in [1.54, 1.807) is 36.4 Å². The van der Waals surface area contributed by atoms with Crippen LogP contribution >= 0.6 is 11.6 Å². The van der Waals surface area contributed by atoms with Gasteiger partial charge in [0, 0.05) is 21.5 Å². The smallest absolute Gasteiger partial charge is 0.350 e. The molecular formula is C19H15ClN4O4. The summed E-state index contributed by atoms with van der Waals surface area (Å²) in [5.41, 5.74) is 0.602. The van der Waals surface area contributed by atoms with Gasteiger partial charge in [0.1, 0.15) is 17.0 Å². The SMILES string of the molecule is COc1ccc(OC)c(/C=N\n2c(=O)[nH]c3c([nH]c4ccc(Cl)cc43)c2=O)c1. The van der Waals surface area contributed by atoms with Crippen molar-refractivity contribution in [2.24, 2.45) is 5.10 Å². The number of rotatable bonds is 4. The summed E-state index contributed by atoms with van der Waals surface area (Å²) in [6.45, 7) is 0. The number of aromatic amines is 2. The summed E-state index contributed by atoms with van der Waals surface area (Å²) in [6, 6.07) is 10.2. The molecule has 0 radical (unpaired) electrons. The number of H-pyrrole nitrogens is 2. The van der Waals surface area contributed by atoms with Gasteiger partial charge in [0.15, 0.2) is 0 Å². The molecule has 0 bridgehead atoms. The molecule has 0 amide bonds. The lowest BCUT2D eigenvalue weighted by atomic mass is 10.2. The van der Waals surface area contributed by atoms with Crippen molar-refractivity contribution in [1.29, 1.82) is 0 Å². The monoisotopic (exact) mass is 398 g/mol. The lowest BCUT2D eigenvalue weighted by Gasteiger charge is -2.06. The predicted octanol–water partition coefficient (Wildman–Crippen LogP) is 2.72. The maximum absolute atomic E-state index is 12.8. The Balaban J connectivity index is 1.88. The fourth-order valence-corrected chi connectivity index (χ4v) is 3.15. The van der Waals surface area contributed by atoms with Crippen molar-refractivity contribution < 1.29 is 9.47 Å². The second kappa shape index (κ2) is 6.90. The topological polar surface area (TPSA) is 101 Å². The zero-order chi connectivity index (χ0) is 19.8. The minimum Gasteiger partial charge on any atom is -0.497 e. The van der Waals surface area contributed by atoms with Crippen molar-refractivity contribution in [3.63, 3.8) is 0 Å². The number of ether oxygens (including phenoxy) is 2. The molecule has 9 heteroatoms. The van der Waals surface area contributed by atoms with E-state index in [1.807, 2.05) is 0 Å². The Morgan fingerprint density at radius 3 is 2.61 bits per heavy atom. The molecule has 0 unspecified atom stereocenters. The quantitative estimate of drug-likeness (QED) is 0.516. The highest BCUT2D eigenvalue weighted by molar-refractivity contribution is 6.31. The summed E-state index contributed by atoms with van der Waals surface area (Å²) in [5, 5.41) is 5.21. The molecule has 0 saturated carbocycles. The third-order valence-electron chi connectivity index (χ3n) is 4.34. The molecule has 0 aliphatic heterocycles. The average Bonchev–Trinajstić information content (AvgIpc) is 3.05. The normalized spacial score (nSPS) is 11.5. The molecule has 142 valence electrons. The lowest BCUT2D eigenvalue weighted by Crippen LogP contribution is -2.32. The number of nitrogens with zero attached hydrogens (tertiary/aromatic N) is 2. The van der Waals surface area contributed by atoms with E-state index in [0.717, 1.165) is 4.68 Å². The molecule has 28 heavy (non-hydrogen) atoms. The predicted molar refractivity (Wildman–Crippen MR) is 108 cm³/mol. The van der Waals surface area contributed by atoms with Crippen LogP contribution in [-0.4, -0.2) is 35.1 Å². The van der Waals surface area contributed by atoms with Crippen LogP contribution in [0.2, 0.25) is 5.02 Å². The second-order valence-corrected chi connectivity index (χ2v) is 6.40. The van der Waals surface area contributed by atoms with Gasteiger partial charge in [-0.25, -0.2) is 4.79 Å². The van der Waals surface area contributed by atoms with Crippen LogP contribution in [0.25, 0.3) is 21.9 Å². The van der Waals surface area contributed by atoms with E-state index in [-0.39, 0.29) is 5.52 Å². The van der Waals surface area contributed by atoms with Gasteiger partial charge in [-0.05, 0) is 36.4 Å². The van der Waals surface area contributed by atoms with Crippen LogP contribution in [0.5, 0.6) is 11.5 Å². The van der Waals surface area contributed by atoms with Crippen LogP contribution in [0, 0.1) is 0 Å². The van der Waals surface area contributed by atoms with Crippen molar-refractivity contribution in [2.45, 2.75) is 0 Å². The van der Waals surface area contributed by atoms with E-state index in [1.165, 1.54) is 20.4 Å². The average molecular weight is 399 g/mol. The second-order valence-electron chi connectivity index (χ2n) is 5.96. The van der Waals surface area contributed by atoms with E-state index in [9.17, 15) is 9.59 Å². The number of hydrogen-bond donors (Lipinski definition) is 2. The maximum atomic E-state index is 12.8. The lowest BCUT2D eigenvalue weighted by molar-refractivity contribution is 0.402. The maximum Gasteiger partial charge on any atom is 0.350 e. The van der Waals surface area contributed by atoms with Gasteiger partial charge in [-0.2, -0.15) is 5.10 Å². The Labute approximate surface area is 163 Å². The van der Waals surface area contributed by atoms with Crippen LogP contribution in [0.4, 0.5) is 0 Å². The summed E-state index contributed by atoms with van der Waals surface area (Å²) in [6.07, 6.45) is 1.36. The van der Waals surface area contributed by atoms with E-state index in [4.69, 9.17) is 21.1 Å². The number of benzene rings is 2. The van der Waals surface area contributed by atoms with E-state index in [0.29, 0.717) is 38.5 Å². The third kappa shape index (κ3) is 2.93. The first-order valence-electron chi connectivity index (χ1n) is 8.24. The number of aromatic nitrogens is 3. The number of hydrogen-bond acceptors (Lipinski definition) is 5. The summed E-state index contributed by atoms with van der Waals surface area (Å²) in [4.78, 5) is 31.0. The number of methoxy groups -OCH3 is 2. The Hall–Kier alpha value is -3.52. The van der Waals surface area contributed by atoms with Crippen LogP contribution in [0.3, 0.4) is 0 Å². The molecule has 2 heterocycles. The summed E-state index contributed by atoms with van der Waals surface area (Å²) >= 11 is 6.02. The number of nitrogens with one attached hydrogen (secondary N) is 2. The van der Waals surface area contributed by atoms with Crippen molar-refractivity contribution >= 4 is 39.8 Å². The molecule has 0 saturated heterocycles. The Bertz CT molecular complexity index is 1350. The van der Waals surface area contributed by atoms with Gasteiger partial charge in [0.2, 0.25) is 0 Å². The molecular weight excluding hydrogens is 384 g/mol. The van der Waals surface area contributed by atoms with Gasteiger partial charge in [0.25, 0.3) is 0 Å². The van der Waals surface area contributed by atoms with Gasteiger partial charge in [-0.1, -0.05) is 11.6 Å². The summed E-state index contributed by atoms with van der Waals surface area (Å²) in [7, 11) is 3.05. The van der Waals surface area contributed by atoms with Gasteiger partial charge < -0.3 is 19.4 Å². The molecule has 2 aromatic heterocycles. The van der Waals surface area contributed by atoms with Crippen LogP contribution in [-0.2, 0) is 0 Å². The molecule has 0 spiro atoms. The molecule has 4 aromatic rings. The highest BCUT2D eigenvalue weighted by Gasteiger charge is 2.13. The van der Waals surface area contributed by atoms with Gasteiger partial charge in [0.05, 0.1) is 26.0 Å². The molecule has 0 aliphatic rings. The fourth-order valence-electron chi connectivity index (χ4n) is 2.98. The van der Waals surface area contributed by atoms with Crippen molar-refractivity contribution in [3.8, 4) is 11.5 Å². The highest BCUT2D eigenvalue weighted by atomic mass is 35.5. The Kier molecular flexibility index (Phi) is 4.40. The highest BCUT2D eigenvalue weighted by Crippen LogP contribution is 2.24. The van der Waals surface area contributed by atoms with Crippen molar-refractivity contribution in [2.75, 3.05) is 14.2 Å². The molecule has 0 atom stereocenters. The Morgan fingerprint density at radius 2 is 1.86 bits per heavy atom. The summed E-state index contributed by atoms with van der Waals surface area (Å²) in [5.74, 6) is 1.11. The van der Waals surface area contributed by atoms with E-state index >= 15 is 0 Å².